The van der Waals surface area contributed by atoms with E-state index in [1.54, 1.807) is 24.1 Å². The minimum absolute atomic E-state index is 0. The van der Waals surface area contributed by atoms with Gasteiger partial charge in [0.25, 0.3) is 0 Å². The molecule has 4 nitrogen and oxygen atoms in total. The number of carbonyl (C=O) groups is 1. The number of likely N-dealkylation sites (N-methyl/N-ethyl adjacent to an activating group) is 1. The third-order valence-electron chi connectivity index (χ3n) is 2.80. The lowest BCUT2D eigenvalue weighted by atomic mass is 10.1. The van der Waals surface area contributed by atoms with Crippen LogP contribution in [0.2, 0.25) is 5.02 Å². The van der Waals surface area contributed by atoms with Crippen LogP contribution in [0.1, 0.15) is 6.92 Å². The summed E-state index contributed by atoms with van der Waals surface area (Å²) in [7, 11) is 3.63. The fourth-order valence-corrected chi connectivity index (χ4v) is 1.92. The number of nitrogens with zero attached hydrogens (tertiary/aromatic N) is 1. The molecule has 114 valence electrons. The Labute approximate surface area is 131 Å². The molecule has 0 spiro atoms. The molecule has 0 aromatic heterocycles. The van der Waals surface area contributed by atoms with Gasteiger partial charge in [0.1, 0.15) is 12.4 Å². The number of halogens is 2. The van der Waals surface area contributed by atoms with Crippen LogP contribution in [0, 0.1) is 5.92 Å². The number of amides is 1. The second-order valence-corrected chi connectivity index (χ2v) is 4.96. The Morgan fingerprint density at radius 2 is 2.20 bits per heavy atom. The zero-order chi connectivity index (χ0) is 14.3. The van der Waals surface area contributed by atoms with Crippen molar-refractivity contribution in [2.45, 2.75) is 6.92 Å². The molecule has 1 aromatic carbocycles. The van der Waals surface area contributed by atoms with Crippen LogP contribution >= 0.6 is 24.0 Å². The summed E-state index contributed by atoms with van der Waals surface area (Å²) in [4.78, 5) is 13.6. The van der Waals surface area contributed by atoms with Gasteiger partial charge in [-0.05, 0) is 25.2 Å². The summed E-state index contributed by atoms with van der Waals surface area (Å²) < 4.78 is 5.55. The van der Waals surface area contributed by atoms with Crippen LogP contribution in [0.5, 0.6) is 5.75 Å². The predicted molar refractivity (Wildman–Crippen MR) is 84.9 cm³/mol. The minimum Gasteiger partial charge on any atom is -0.492 e. The Morgan fingerprint density at radius 1 is 1.50 bits per heavy atom. The van der Waals surface area contributed by atoms with Gasteiger partial charge in [-0.2, -0.15) is 0 Å². The van der Waals surface area contributed by atoms with Gasteiger partial charge in [0.15, 0.2) is 0 Å². The zero-order valence-electron chi connectivity index (χ0n) is 12.1. The van der Waals surface area contributed by atoms with Crippen molar-refractivity contribution in [1.29, 1.82) is 0 Å². The van der Waals surface area contributed by atoms with E-state index in [9.17, 15) is 4.79 Å². The van der Waals surface area contributed by atoms with E-state index in [0.717, 1.165) is 5.75 Å². The Balaban J connectivity index is 0.00000361. The fourth-order valence-electron chi connectivity index (χ4n) is 1.74. The zero-order valence-corrected chi connectivity index (χ0v) is 13.6. The summed E-state index contributed by atoms with van der Waals surface area (Å²) in [6, 6.07) is 7.23. The van der Waals surface area contributed by atoms with Crippen LogP contribution in [-0.4, -0.2) is 44.6 Å². The number of benzene rings is 1. The molecule has 1 N–H and O–H groups in total. The van der Waals surface area contributed by atoms with E-state index in [4.69, 9.17) is 16.3 Å². The highest BCUT2D eigenvalue weighted by Gasteiger charge is 2.16. The highest BCUT2D eigenvalue weighted by Crippen LogP contribution is 2.16. The fraction of sp³-hybridized carbons (Fsp3) is 0.500. The third-order valence-corrected chi connectivity index (χ3v) is 3.03. The standard InChI is InChI=1S/C14H21ClN2O2.ClH/c1-11(10-16-2)14(18)17(3)7-8-19-13-6-4-5-12(15)9-13;/h4-6,9,11,16H,7-8,10H2,1-3H3;1H. The second-order valence-electron chi connectivity index (χ2n) is 4.52. The third kappa shape index (κ3) is 6.46. The molecular formula is C14H22Cl2N2O2. The Bertz CT molecular complexity index is 416. The summed E-state index contributed by atoms with van der Waals surface area (Å²) in [5.74, 6) is 0.807. The van der Waals surface area contributed by atoms with E-state index >= 15 is 0 Å². The molecule has 0 radical (unpaired) electrons. The normalized spacial score (nSPS) is 11.4. The maximum atomic E-state index is 11.9. The molecule has 1 rings (SSSR count). The van der Waals surface area contributed by atoms with Crippen molar-refractivity contribution < 1.29 is 9.53 Å². The number of carbonyl (C=O) groups excluding carboxylic acids is 1. The molecular weight excluding hydrogens is 299 g/mol. The van der Waals surface area contributed by atoms with Crippen LogP contribution in [0.4, 0.5) is 0 Å². The molecule has 6 heteroatoms. The molecule has 0 bridgehead atoms. The van der Waals surface area contributed by atoms with Crippen molar-refractivity contribution in [2.24, 2.45) is 5.92 Å². The highest BCUT2D eigenvalue weighted by atomic mass is 35.5. The largest absolute Gasteiger partial charge is 0.492 e. The van der Waals surface area contributed by atoms with Gasteiger partial charge >= 0.3 is 0 Å². The smallest absolute Gasteiger partial charge is 0.226 e. The van der Waals surface area contributed by atoms with Crippen LogP contribution in [0.15, 0.2) is 24.3 Å². The maximum Gasteiger partial charge on any atom is 0.226 e. The lowest BCUT2D eigenvalue weighted by Crippen LogP contribution is -2.38. The molecule has 0 aliphatic heterocycles. The molecule has 0 aliphatic carbocycles. The first-order valence-corrected chi connectivity index (χ1v) is 6.70. The topological polar surface area (TPSA) is 41.6 Å². The van der Waals surface area contributed by atoms with E-state index in [2.05, 4.69) is 5.32 Å². The van der Waals surface area contributed by atoms with Crippen LogP contribution < -0.4 is 10.1 Å². The van der Waals surface area contributed by atoms with Gasteiger partial charge in [-0.25, -0.2) is 0 Å². The van der Waals surface area contributed by atoms with Gasteiger partial charge in [0.2, 0.25) is 5.91 Å². The van der Waals surface area contributed by atoms with Crippen molar-refractivity contribution in [3.63, 3.8) is 0 Å². The quantitative estimate of drug-likeness (QED) is 0.839. The maximum absolute atomic E-state index is 11.9. The molecule has 0 saturated heterocycles. The van der Waals surface area contributed by atoms with Gasteiger partial charge < -0.3 is 15.0 Å². The first-order chi connectivity index (χ1) is 9.04. The molecule has 1 amide bonds. The monoisotopic (exact) mass is 320 g/mol. The van der Waals surface area contributed by atoms with Gasteiger partial charge in [-0.3, -0.25) is 4.79 Å². The summed E-state index contributed by atoms with van der Waals surface area (Å²) in [6.45, 7) is 3.60. The number of ether oxygens (including phenoxy) is 1. The Kier molecular flexibility index (Phi) is 9.38. The van der Waals surface area contributed by atoms with Crippen LogP contribution in [-0.2, 0) is 4.79 Å². The minimum atomic E-state index is -0.0267. The van der Waals surface area contributed by atoms with Crippen molar-refractivity contribution >= 4 is 29.9 Å². The molecule has 0 aliphatic rings. The molecule has 0 heterocycles. The SMILES string of the molecule is CNCC(C)C(=O)N(C)CCOc1cccc(Cl)c1.Cl. The first-order valence-electron chi connectivity index (χ1n) is 6.32. The number of hydrogen-bond donors (Lipinski definition) is 1. The van der Waals surface area contributed by atoms with Crippen molar-refractivity contribution in [3.8, 4) is 5.75 Å². The average molecular weight is 321 g/mol. The lowest BCUT2D eigenvalue weighted by molar-refractivity contribution is -0.133. The summed E-state index contributed by atoms with van der Waals surface area (Å²) >= 11 is 5.86. The van der Waals surface area contributed by atoms with Gasteiger partial charge in [-0.1, -0.05) is 24.6 Å². The van der Waals surface area contributed by atoms with Gasteiger partial charge in [0.05, 0.1) is 6.54 Å². The van der Waals surface area contributed by atoms with Crippen LogP contribution in [0.25, 0.3) is 0 Å². The Hall–Kier alpha value is -0.970. The molecule has 0 fully saturated rings. The summed E-state index contributed by atoms with van der Waals surface area (Å²) in [5.41, 5.74) is 0. The summed E-state index contributed by atoms with van der Waals surface area (Å²) in [5, 5.41) is 3.64. The van der Waals surface area contributed by atoms with E-state index in [-0.39, 0.29) is 24.2 Å². The van der Waals surface area contributed by atoms with Gasteiger partial charge in [-0.15, -0.1) is 12.4 Å². The first kappa shape index (κ1) is 19.0. The number of hydrogen-bond acceptors (Lipinski definition) is 3. The number of rotatable bonds is 7. The molecule has 20 heavy (non-hydrogen) atoms. The van der Waals surface area contributed by atoms with E-state index in [1.165, 1.54) is 0 Å². The van der Waals surface area contributed by atoms with E-state index < -0.39 is 0 Å². The van der Waals surface area contributed by atoms with E-state index in [1.807, 2.05) is 26.1 Å². The Morgan fingerprint density at radius 3 is 2.80 bits per heavy atom. The molecule has 1 unspecified atom stereocenters. The van der Waals surface area contributed by atoms with Crippen molar-refractivity contribution in [3.05, 3.63) is 29.3 Å². The van der Waals surface area contributed by atoms with Crippen molar-refractivity contribution in [1.82, 2.24) is 10.2 Å². The average Bonchev–Trinajstić information content (AvgIpc) is 2.38. The molecule has 0 saturated carbocycles. The lowest BCUT2D eigenvalue weighted by Gasteiger charge is -2.21. The van der Waals surface area contributed by atoms with E-state index in [0.29, 0.717) is 24.7 Å². The predicted octanol–water partition coefficient (Wildman–Crippen LogP) is 2.45. The molecule has 1 aromatic rings. The second kappa shape index (κ2) is 9.86. The molecule has 1 atom stereocenters. The van der Waals surface area contributed by atoms with Crippen molar-refractivity contribution in [2.75, 3.05) is 33.8 Å². The van der Waals surface area contributed by atoms with Gasteiger partial charge in [0, 0.05) is 24.5 Å². The number of nitrogens with one attached hydrogen (secondary N) is 1. The summed E-state index contributed by atoms with van der Waals surface area (Å²) in [6.07, 6.45) is 0. The highest BCUT2D eigenvalue weighted by molar-refractivity contribution is 6.30. The van der Waals surface area contributed by atoms with Crippen LogP contribution in [0.3, 0.4) is 0 Å².